The summed E-state index contributed by atoms with van der Waals surface area (Å²) in [6.07, 6.45) is 3.16. The summed E-state index contributed by atoms with van der Waals surface area (Å²) in [6.45, 7) is 5.75. The van der Waals surface area contributed by atoms with Crippen LogP contribution in [0.3, 0.4) is 0 Å². The van der Waals surface area contributed by atoms with Crippen LogP contribution in [-0.2, 0) is 28.0 Å². The second-order valence-electron chi connectivity index (χ2n) is 9.78. The summed E-state index contributed by atoms with van der Waals surface area (Å²) in [5.41, 5.74) is 1.61. The van der Waals surface area contributed by atoms with Crippen molar-refractivity contribution in [2.24, 2.45) is 0 Å². The Kier molecular flexibility index (Phi) is 6.92. The van der Waals surface area contributed by atoms with Crippen LogP contribution in [0.5, 0.6) is 5.75 Å². The van der Waals surface area contributed by atoms with Crippen molar-refractivity contribution in [1.29, 1.82) is 0 Å². The largest absolute Gasteiger partial charge is 0.497 e. The summed E-state index contributed by atoms with van der Waals surface area (Å²) in [5.74, 6) is -0.649. The summed E-state index contributed by atoms with van der Waals surface area (Å²) < 4.78 is 21.3. The highest BCUT2D eigenvalue weighted by Gasteiger charge is 2.36. The van der Waals surface area contributed by atoms with Crippen molar-refractivity contribution in [2.45, 2.75) is 45.2 Å². The van der Waals surface area contributed by atoms with E-state index < -0.39 is 23.7 Å². The van der Waals surface area contributed by atoms with E-state index in [1.54, 1.807) is 31.4 Å². The zero-order chi connectivity index (χ0) is 26.0. The first-order valence-corrected chi connectivity index (χ1v) is 11.7. The molecule has 1 aromatic heterocycles. The molecule has 0 aliphatic carbocycles. The predicted octanol–water partition coefficient (Wildman–Crippen LogP) is 3.45. The number of nitrogens with zero attached hydrogens (tertiary/aromatic N) is 3. The van der Waals surface area contributed by atoms with Crippen LogP contribution in [0.2, 0.25) is 0 Å². The maximum absolute atomic E-state index is 14.8. The minimum Gasteiger partial charge on any atom is -0.497 e. The van der Waals surface area contributed by atoms with Gasteiger partial charge in [0.05, 0.1) is 13.4 Å². The Balaban J connectivity index is 1.67. The monoisotopic (exact) mass is 492 g/mol. The van der Waals surface area contributed by atoms with Crippen LogP contribution in [0.4, 0.5) is 10.1 Å². The molecule has 4 rings (SSSR count). The molecule has 8 nitrogen and oxygen atoms in total. The molecule has 9 heteroatoms. The summed E-state index contributed by atoms with van der Waals surface area (Å²) in [6, 6.07) is 10.2. The van der Waals surface area contributed by atoms with Gasteiger partial charge in [-0.25, -0.2) is 9.37 Å². The van der Waals surface area contributed by atoms with Crippen LogP contribution in [0.1, 0.15) is 43.5 Å². The molecule has 1 aliphatic rings. The maximum atomic E-state index is 14.8. The third-order valence-electron chi connectivity index (χ3n) is 6.29. The Labute approximate surface area is 208 Å². The summed E-state index contributed by atoms with van der Waals surface area (Å²) in [5, 5.41) is 2.78. The summed E-state index contributed by atoms with van der Waals surface area (Å²) in [7, 11) is 1.56. The first-order chi connectivity index (χ1) is 17.1. The Bertz CT molecular complexity index is 1360. The molecule has 1 unspecified atom stereocenters. The van der Waals surface area contributed by atoms with Crippen LogP contribution in [0, 0.1) is 5.82 Å². The highest BCUT2D eigenvalue weighted by Crippen LogP contribution is 2.34. The number of fused-ring (bicyclic) bond motifs is 1. The van der Waals surface area contributed by atoms with Gasteiger partial charge in [-0.2, -0.15) is 0 Å². The molecule has 188 valence electrons. The molecule has 2 aromatic carbocycles. The van der Waals surface area contributed by atoms with Crippen molar-refractivity contribution in [1.82, 2.24) is 14.5 Å². The van der Waals surface area contributed by atoms with Crippen molar-refractivity contribution in [3.05, 3.63) is 87.9 Å². The van der Waals surface area contributed by atoms with Gasteiger partial charge >= 0.3 is 0 Å². The van der Waals surface area contributed by atoms with Gasteiger partial charge in [0.1, 0.15) is 24.2 Å². The van der Waals surface area contributed by atoms with E-state index in [4.69, 9.17) is 4.74 Å². The molecule has 0 bridgehead atoms. The van der Waals surface area contributed by atoms with Crippen molar-refractivity contribution >= 4 is 17.5 Å². The standard InChI is InChI=1S/C27H29FN4O4/c1-27(2,3)21-8-5-18(14-22(21)28)30-26(35)25-20-7-6-19(36-4)13-17(20)10-12-32(25)24(34)15-31-16-29-11-9-23(31)33/h5-9,11,13-14,16,25H,10,12,15H2,1-4H3,(H,30,35). The predicted molar refractivity (Wildman–Crippen MR) is 133 cm³/mol. The van der Waals surface area contributed by atoms with E-state index in [1.807, 2.05) is 26.8 Å². The van der Waals surface area contributed by atoms with Gasteiger partial charge < -0.3 is 15.0 Å². The minimum absolute atomic E-state index is 0.253. The fourth-order valence-electron chi connectivity index (χ4n) is 4.43. The smallest absolute Gasteiger partial charge is 0.253 e. The third kappa shape index (κ3) is 5.15. The summed E-state index contributed by atoms with van der Waals surface area (Å²) in [4.78, 5) is 44.3. The molecular weight excluding hydrogens is 463 g/mol. The molecular formula is C27H29FN4O4. The van der Waals surface area contributed by atoms with Gasteiger partial charge in [-0.15, -0.1) is 0 Å². The van der Waals surface area contributed by atoms with E-state index >= 15 is 0 Å². The maximum Gasteiger partial charge on any atom is 0.253 e. The number of methoxy groups -OCH3 is 1. The van der Waals surface area contributed by atoms with E-state index in [1.165, 1.54) is 34.1 Å². The zero-order valence-corrected chi connectivity index (χ0v) is 20.7. The Morgan fingerprint density at radius 3 is 2.61 bits per heavy atom. The number of benzene rings is 2. The Morgan fingerprint density at radius 1 is 1.17 bits per heavy atom. The second-order valence-corrected chi connectivity index (χ2v) is 9.78. The van der Waals surface area contributed by atoms with Crippen LogP contribution in [0.25, 0.3) is 0 Å². The SMILES string of the molecule is COc1ccc2c(c1)CCN(C(=O)Cn1cnccc1=O)C2C(=O)Nc1ccc(C(C)(C)C)c(F)c1. The number of aromatic nitrogens is 2. The summed E-state index contributed by atoms with van der Waals surface area (Å²) >= 11 is 0. The number of hydrogen-bond donors (Lipinski definition) is 1. The van der Waals surface area contributed by atoms with Gasteiger partial charge in [-0.1, -0.05) is 32.9 Å². The van der Waals surface area contributed by atoms with Crippen LogP contribution in [-0.4, -0.2) is 39.9 Å². The first-order valence-electron chi connectivity index (χ1n) is 11.7. The van der Waals surface area contributed by atoms with Crippen molar-refractivity contribution in [2.75, 3.05) is 19.0 Å². The van der Waals surface area contributed by atoms with Gasteiger partial charge in [0.2, 0.25) is 5.91 Å². The van der Waals surface area contributed by atoms with E-state index in [0.717, 1.165) is 5.56 Å². The normalized spacial score (nSPS) is 15.2. The van der Waals surface area contributed by atoms with Gasteiger partial charge in [0.25, 0.3) is 11.5 Å². The highest BCUT2D eigenvalue weighted by molar-refractivity contribution is 5.98. The fourth-order valence-corrected chi connectivity index (χ4v) is 4.43. The Morgan fingerprint density at radius 2 is 1.94 bits per heavy atom. The van der Waals surface area contributed by atoms with Crippen molar-refractivity contribution < 1.29 is 18.7 Å². The van der Waals surface area contributed by atoms with E-state index in [0.29, 0.717) is 29.0 Å². The number of carbonyl (C=O) groups is 2. The topological polar surface area (TPSA) is 93.5 Å². The second kappa shape index (κ2) is 9.93. The molecule has 36 heavy (non-hydrogen) atoms. The van der Waals surface area contributed by atoms with E-state index in [2.05, 4.69) is 10.3 Å². The number of carbonyl (C=O) groups excluding carboxylic acids is 2. The van der Waals surface area contributed by atoms with Crippen LogP contribution < -0.4 is 15.6 Å². The number of hydrogen-bond acceptors (Lipinski definition) is 5. The number of anilines is 1. The number of ether oxygens (including phenoxy) is 1. The molecule has 2 amide bonds. The Hall–Kier alpha value is -4.01. The molecule has 0 spiro atoms. The lowest BCUT2D eigenvalue weighted by atomic mass is 9.86. The fraction of sp³-hybridized carbons (Fsp3) is 0.333. The number of rotatable bonds is 5. The molecule has 1 aliphatic heterocycles. The lowest BCUT2D eigenvalue weighted by Crippen LogP contribution is -2.47. The van der Waals surface area contributed by atoms with Crippen molar-refractivity contribution in [3.63, 3.8) is 0 Å². The van der Waals surface area contributed by atoms with Crippen LogP contribution >= 0.6 is 0 Å². The molecule has 0 saturated heterocycles. The van der Waals surface area contributed by atoms with Crippen molar-refractivity contribution in [3.8, 4) is 5.75 Å². The van der Waals surface area contributed by atoms with Gasteiger partial charge in [-0.3, -0.25) is 19.0 Å². The average molecular weight is 493 g/mol. The lowest BCUT2D eigenvalue weighted by molar-refractivity contribution is -0.140. The average Bonchev–Trinajstić information content (AvgIpc) is 2.83. The third-order valence-corrected chi connectivity index (χ3v) is 6.29. The molecule has 1 N–H and O–H groups in total. The number of halogens is 1. The van der Waals surface area contributed by atoms with E-state index in [-0.39, 0.29) is 24.1 Å². The molecule has 1 atom stereocenters. The molecule has 0 radical (unpaired) electrons. The minimum atomic E-state index is -0.968. The lowest BCUT2D eigenvalue weighted by Gasteiger charge is -2.36. The highest BCUT2D eigenvalue weighted by atomic mass is 19.1. The zero-order valence-electron chi connectivity index (χ0n) is 20.7. The first kappa shape index (κ1) is 25.1. The molecule has 2 heterocycles. The molecule has 3 aromatic rings. The molecule has 0 fully saturated rings. The van der Waals surface area contributed by atoms with Gasteiger partial charge in [0, 0.05) is 24.5 Å². The van der Waals surface area contributed by atoms with Gasteiger partial charge in [0.15, 0.2) is 0 Å². The quantitative estimate of drug-likeness (QED) is 0.589. The van der Waals surface area contributed by atoms with Crippen LogP contribution in [0.15, 0.2) is 59.8 Å². The van der Waals surface area contributed by atoms with Gasteiger partial charge in [-0.05, 0) is 52.8 Å². The number of amides is 2. The number of nitrogens with one attached hydrogen (secondary N) is 1. The van der Waals surface area contributed by atoms with E-state index in [9.17, 15) is 18.8 Å². The molecule has 0 saturated carbocycles.